The summed E-state index contributed by atoms with van der Waals surface area (Å²) in [4.78, 5) is 7.28. The summed E-state index contributed by atoms with van der Waals surface area (Å²) < 4.78 is 26.7. The molecule has 0 bridgehead atoms. The van der Waals surface area contributed by atoms with Gasteiger partial charge in [-0.05, 0) is 69.5 Å². The summed E-state index contributed by atoms with van der Waals surface area (Å²) in [5.74, 6) is 0. The van der Waals surface area contributed by atoms with E-state index in [9.17, 15) is 8.42 Å². The molecule has 32 heavy (non-hydrogen) atoms. The van der Waals surface area contributed by atoms with Crippen LogP contribution in [0.5, 0.6) is 0 Å². The van der Waals surface area contributed by atoms with Gasteiger partial charge in [-0.2, -0.15) is 4.31 Å². The maximum atomic E-state index is 12.5. The summed E-state index contributed by atoms with van der Waals surface area (Å²) in [5, 5.41) is 3.34. The lowest BCUT2D eigenvalue weighted by atomic mass is 10.1. The first-order chi connectivity index (χ1) is 15.2. The molecule has 172 valence electrons. The van der Waals surface area contributed by atoms with Gasteiger partial charge in [0.2, 0.25) is 10.0 Å². The number of anilines is 4. The lowest BCUT2D eigenvalue weighted by Gasteiger charge is -2.37. The summed E-state index contributed by atoms with van der Waals surface area (Å²) in [7, 11) is -3.19. The van der Waals surface area contributed by atoms with Gasteiger partial charge in [-0.3, -0.25) is 0 Å². The number of aryl methyl sites for hydroxylation is 2. The van der Waals surface area contributed by atoms with E-state index in [0.29, 0.717) is 13.1 Å². The Morgan fingerprint density at radius 1 is 0.812 bits per heavy atom. The van der Waals surface area contributed by atoms with E-state index in [1.165, 1.54) is 50.1 Å². The molecule has 0 unspecified atom stereocenters. The van der Waals surface area contributed by atoms with Gasteiger partial charge in [-0.1, -0.05) is 11.8 Å². The van der Waals surface area contributed by atoms with Crippen LogP contribution in [-0.4, -0.2) is 57.2 Å². The van der Waals surface area contributed by atoms with Gasteiger partial charge < -0.3 is 15.1 Å². The number of benzene rings is 2. The number of sulfonamides is 1. The first kappa shape index (κ1) is 21.9. The number of hydrogen-bond acceptors (Lipinski definition) is 6. The molecular formula is C24H32N4O2S2. The number of hydrogen-bond donors (Lipinski definition) is 1. The van der Waals surface area contributed by atoms with Gasteiger partial charge in [-0.25, -0.2) is 8.42 Å². The Hall–Kier alpha value is -1.90. The normalized spacial score (nSPS) is 18.8. The van der Waals surface area contributed by atoms with Gasteiger partial charge in [0.15, 0.2) is 0 Å². The van der Waals surface area contributed by atoms with E-state index in [0.717, 1.165) is 26.2 Å². The van der Waals surface area contributed by atoms with Crippen molar-refractivity contribution in [2.45, 2.75) is 49.2 Å². The van der Waals surface area contributed by atoms with Crippen LogP contribution in [0.15, 0.2) is 34.1 Å². The van der Waals surface area contributed by atoms with Crippen molar-refractivity contribution in [3.8, 4) is 0 Å². The fraction of sp³-hybridized carbons (Fsp3) is 0.500. The van der Waals surface area contributed by atoms with Crippen molar-refractivity contribution in [3.63, 3.8) is 0 Å². The third-order valence-corrected chi connectivity index (χ3v) is 10.2. The molecule has 0 aliphatic carbocycles. The van der Waals surface area contributed by atoms with Crippen molar-refractivity contribution in [3.05, 3.63) is 35.4 Å². The number of nitrogens with one attached hydrogen (secondary N) is 1. The molecule has 0 atom stereocenters. The van der Waals surface area contributed by atoms with Crippen LogP contribution in [0.3, 0.4) is 0 Å². The summed E-state index contributed by atoms with van der Waals surface area (Å²) in [6.45, 7) is 12.7. The van der Waals surface area contributed by atoms with Crippen molar-refractivity contribution in [1.29, 1.82) is 0 Å². The molecule has 2 saturated heterocycles. The van der Waals surface area contributed by atoms with E-state index in [1.54, 1.807) is 18.2 Å². The standard InChI is InChI=1S/C24H32N4O2S2/c1-16(2)32(29,30)28-10-8-27(9-11-28)20-13-18(4)24-22(15-20)31-21-14-19(26-6-5-7-26)12-17(3)23(21)25-24/h12-16,25H,5-11H2,1-4H3. The quantitative estimate of drug-likeness (QED) is 0.600. The minimum Gasteiger partial charge on any atom is -0.371 e. The third kappa shape index (κ3) is 3.76. The van der Waals surface area contributed by atoms with E-state index in [1.807, 2.05) is 11.8 Å². The highest BCUT2D eigenvalue weighted by molar-refractivity contribution is 7.99. The molecule has 6 nitrogen and oxygen atoms in total. The predicted molar refractivity (Wildman–Crippen MR) is 134 cm³/mol. The molecule has 3 aliphatic rings. The van der Waals surface area contributed by atoms with Crippen molar-refractivity contribution in [2.75, 3.05) is 54.4 Å². The zero-order valence-corrected chi connectivity index (χ0v) is 20.9. The first-order valence-corrected chi connectivity index (χ1v) is 13.8. The Labute approximate surface area is 196 Å². The van der Waals surface area contributed by atoms with E-state index >= 15 is 0 Å². The smallest absolute Gasteiger partial charge is 0.216 e. The molecular weight excluding hydrogens is 440 g/mol. The lowest BCUT2D eigenvalue weighted by Crippen LogP contribution is -2.50. The molecule has 0 spiro atoms. The van der Waals surface area contributed by atoms with E-state index in [4.69, 9.17) is 0 Å². The van der Waals surface area contributed by atoms with Gasteiger partial charge in [0.05, 0.1) is 16.6 Å². The van der Waals surface area contributed by atoms with Crippen LogP contribution < -0.4 is 15.1 Å². The van der Waals surface area contributed by atoms with Crippen LogP contribution in [0, 0.1) is 13.8 Å². The molecule has 3 aliphatic heterocycles. The molecule has 2 aromatic rings. The van der Waals surface area contributed by atoms with Gasteiger partial charge >= 0.3 is 0 Å². The number of nitrogens with zero attached hydrogens (tertiary/aromatic N) is 3. The van der Waals surface area contributed by atoms with Gasteiger partial charge in [-0.15, -0.1) is 0 Å². The molecule has 5 rings (SSSR count). The van der Waals surface area contributed by atoms with E-state index in [-0.39, 0.29) is 5.25 Å². The molecule has 0 aromatic heterocycles. The van der Waals surface area contributed by atoms with Crippen LogP contribution >= 0.6 is 11.8 Å². The number of rotatable bonds is 4. The lowest BCUT2D eigenvalue weighted by molar-refractivity contribution is 0.381. The molecule has 0 saturated carbocycles. The SMILES string of the molecule is Cc1cc(N2CCC2)cc2c1Nc1c(C)cc(N3CCN(S(=O)(=O)C(C)C)CC3)cc1S2. The Bertz CT molecular complexity index is 1150. The van der Waals surface area contributed by atoms with Crippen LogP contribution in [0.25, 0.3) is 0 Å². The summed E-state index contributed by atoms with van der Waals surface area (Å²) in [5.41, 5.74) is 7.41. The van der Waals surface area contributed by atoms with Crippen LogP contribution in [0.4, 0.5) is 22.7 Å². The summed E-state index contributed by atoms with van der Waals surface area (Å²) in [6.07, 6.45) is 1.28. The summed E-state index contributed by atoms with van der Waals surface area (Å²) in [6, 6.07) is 9.11. The van der Waals surface area contributed by atoms with E-state index in [2.05, 4.69) is 53.2 Å². The Morgan fingerprint density at radius 3 is 1.75 bits per heavy atom. The third-order valence-electron chi connectivity index (χ3n) is 6.82. The Morgan fingerprint density at radius 2 is 1.31 bits per heavy atom. The van der Waals surface area contributed by atoms with Crippen molar-refractivity contribution in [2.24, 2.45) is 0 Å². The highest BCUT2D eigenvalue weighted by Crippen LogP contribution is 2.49. The van der Waals surface area contributed by atoms with Crippen LogP contribution in [0.1, 0.15) is 31.4 Å². The second-order valence-electron chi connectivity index (χ2n) is 9.32. The second-order valence-corrected chi connectivity index (χ2v) is 12.9. The number of fused-ring (bicyclic) bond motifs is 2. The largest absolute Gasteiger partial charge is 0.371 e. The van der Waals surface area contributed by atoms with E-state index < -0.39 is 10.0 Å². The Kier molecular flexibility index (Phi) is 5.58. The molecule has 0 radical (unpaired) electrons. The molecule has 2 fully saturated rings. The van der Waals surface area contributed by atoms with Crippen LogP contribution in [0.2, 0.25) is 0 Å². The Balaban J connectivity index is 1.38. The maximum Gasteiger partial charge on any atom is 0.216 e. The zero-order chi connectivity index (χ0) is 22.6. The molecule has 2 aromatic carbocycles. The van der Waals surface area contributed by atoms with Crippen molar-refractivity contribution < 1.29 is 8.42 Å². The average molecular weight is 473 g/mol. The first-order valence-electron chi connectivity index (χ1n) is 11.5. The minimum absolute atomic E-state index is 0.368. The highest BCUT2D eigenvalue weighted by Gasteiger charge is 2.30. The minimum atomic E-state index is -3.19. The average Bonchev–Trinajstić information content (AvgIpc) is 2.71. The molecule has 1 N–H and O–H groups in total. The van der Waals surface area contributed by atoms with Crippen LogP contribution in [-0.2, 0) is 10.0 Å². The molecule has 8 heteroatoms. The second kappa shape index (κ2) is 8.15. The van der Waals surface area contributed by atoms with Crippen molar-refractivity contribution in [1.82, 2.24) is 4.31 Å². The van der Waals surface area contributed by atoms with Gasteiger partial charge in [0, 0.05) is 60.4 Å². The van der Waals surface area contributed by atoms with Gasteiger partial charge in [0.1, 0.15) is 0 Å². The maximum absolute atomic E-state index is 12.5. The topological polar surface area (TPSA) is 55.9 Å². The monoisotopic (exact) mass is 472 g/mol. The van der Waals surface area contributed by atoms with Gasteiger partial charge in [0.25, 0.3) is 0 Å². The zero-order valence-electron chi connectivity index (χ0n) is 19.3. The summed E-state index contributed by atoms with van der Waals surface area (Å²) >= 11 is 1.84. The number of piperazine rings is 1. The fourth-order valence-corrected chi connectivity index (χ4v) is 7.13. The fourth-order valence-electron chi connectivity index (χ4n) is 4.64. The molecule has 0 amide bonds. The molecule has 3 heterocycles. The van der Waals surface area contributed by atoms with Crippen molar-refractivity contribution >= 4 is 44.5 Å². The highest BCUT2D eigenvalue weighted by atomic mass is 32.2. The predicted octanol–water partition coefficient (Wildman–Crippen LogP) is 4.58.